The van der Waals surface area contributed by atoms with Gasteiger partial charge in [0.15, 0.2) is 5.78 Å². The molecule has 0 amide bonds. The molecule has 2 aliphatic rings. The fourth-order valence-corrected chi connectivity index (χ4v) is 5.44. The summed E-state index contributed by atoms with van der Waals surface area (Å²) in [5.74, 6) is -0.178. The number of dihydropyridines is 1. The Labute approximate surface area is 224 Å². The lowest BCUT2D eigenvalue weighted by Gasteiger charge is -2.37. The molecule has 3 aromatic carbocycles. The summed E-state index contributed by atoms with van der Waals surface area (Å²) in [7, 11) is 0. The van der Waals surface area contributed by atoms with Gasteiger partial charge < -0.3 is 14.8 Å². The van der Waals surface area contributed by atoms with Crippen molar-refractivity contribution in [2.24, 2.45) is 0 Å². The Morgan fingerprint density at radius 3 is 2.34 bits per heavy atom. The number of allylic oxidation sites excluding steroid dienone is 3. The van der Waals surface area contributed by atoms with Crippen LogP contribution in [0.4, 0.5) is 0 Å². The highest BCUT2D eigenvalue weighted by Crippen LogP contribution is 2.47. The SMILES string of the molecule is CCCOc1ccccc1C1C(C(=O)OCc2ccccc2)=C(C)NC2=C1C(=O)CC(c1ccccc1)C2. The molecule has 38 heavy (non-hydrogen) atoms. The summed E-state index contributed by atoms with van der Waals surface area (Å²) >= 11 is 0. The van der Waals surface area contributed by atoms with Gasteiger partial charge in [-0.1, -0.05) is 85.8 Å². The van der Waals surface area contributed by atoms with Gasteiger partial charge in [-0.05, 0) is 42.9 Å². The molecule has 0 aromatic heterocycles. The van der Waals surface area contributed by atoms with Gasteiger partial charge in [0, 0.05) is 29.0 Å². The summed E-state index contributed by atoms with van der Waals surface area (Å²) in [6, 6.07) is 27.5. The van der Waals surface area contributed by atoms with Crippen LogP contribution >= 0.6 is 0 Å². The maximum Gasteiger partial charge on any atom is 0.337 e. The molecule has 0 bridgehead atoms. The number of Topliss-reactive ketones (excluding diaryl/α,β-unsaturated/α-hetero) is 1. The molecule has 0 saturated heterocycles. The molecule has 194 valence electrons. The van der Waals surface area contributed by atoms with Crippen molar-refractivity contribution >= 4 is 11.8 Å². The third-order valence-corrected chi connectivity index (χ3v) is 7.22. The highest BCUT2D eigenvalue weighted by molar-refractivity contribution is 6.04. The number of ether oxygens (including phenoxy) is 2. The maximum atomic E-state index is 13.9. The monoisotopic (exact) mass is 507 g/mol. The predicted molar refractivity (Wildman–Crippen MR) is 147 cm³/mol. The largest absolute Gasteiger partial charge is 0.493 e. The summed E-state index contributed by atoms with van der Waals surface area (Å²) in [5.41, 5.74) is 5.55. The van der Waals surface area contributed by atoms with Crippen molar-refractivity contribution in [3.8, 4) is 5.75 Å². The molecule has 0 fully saturated rings. The highest BCUT2D eigenvalue weighted by Gasteiger charge is 2.42. The standard InChI is InChI=1S/C33H33NO4/c1-3-18-37-29-17-11-10-16-26(29)31-30(33(36)38-21-23-12-6-4-7-13-23)22(2)34-27-19-25(20-28(35)32(27)31)24-14-8-5-9-15-24/h4-17,25,31,34H,3,18-21H2,1-2H3. The molecule has 2 unspecified atom stereocenters. The fraction of sp³-hybridized carbons (Fsp3) is 0.273. The Bertz CT molecular complexity index is 1370. The van der Waals surface area contributed by atoms with Crippen LogP contribution in [0.3, 0.4) is 0 Å². The van der Waals surface area contributed by atoms with Crippen LogP contribution in [0.2, 0.25) is 0 Å². The van der Waals surface area contributed by atoms with Gasteiger partial charge in [-0.3, -0.25) is 4.79 Å². The summed E-state index contributed by atoms with van der Waals surface area (Å²) in [5, 5.41) is 3.44. The number of nitrogens with one attached hydrogen (secondary N) is 1. The molecule has 2 atom stereocenters. The molecule has 1 heterocycles. The Morgan fingerprint density at radius 1 is 0.921 bits per heavy atom. The van der Waals surface area contributed by atoms with Crippen LogP contribution in [0, 0.1) is 0 Å². The zero-order chi connectivity index (χ0) is 26.5. The van der Waals surface area contributed by atoms with Gasteiger partial charge in [0.05, 0.1) is 18.1 Å². The molecule has 3 aromatic rings. The van der Waals surface area contributed by atoms with E-state index >= 15 is 0 Å². The Kier molecular flexibility index (Phi) is 7.73. The molecule has 1 aliphatic heterocycles. The van der Waals surface area contributed by atoms with E-state index in [1.54, 1.807) is 0 Å². The van der Waals surface area contributed by atoms with Crippen LogP contribution in [0.15, 0.2) is 107 Å². The van der Waals surface area contributed by atoms with E-state index in [9.17, 15) is 9.59 Å². The van der Waals surface area contributed by atoms with Crippen LogP contribution in [-0.4, -0.2) is 18.4 Å². The molecule has 1 N–H and O–H groups in total. The van der Waals surface area contributed by atoms with Gasteiger partial charge in [0.2, 0.25) is 0 Å². The van der Waals surface area contributed by atoms with E-state index in [0.29, 0.717) is 42.0 Å². The summed E-state index contributed by atoms with van der Waals surface area (Å²) < 4.78 is 11.9. The summed E-state index contributed by atoms with van der Waals surface area (Å²) in [4.78, 5) is 27.5. The number of esters is 1. The van der Waals surface area contributed by atoms with E-state index < -0.39 is 11.9 Å². The number of carbonyl (C=O) groups is 2. The first-order chi connectivity index (χ1) is 18.6. The minimum absolute atomic E-state index is 0.0451. The number of carbonyl (C=O) groups excluding carboxylic acids is 2. The minimum Gasteiger partial charge on any atom is -0.493 e. The number of benzene rings is 3. The van der Waals surface area contributed by atoms with Gasteiger partial charge in [-0.15, -0.1) is 0 Å². The second-order valence-electron chi connectivity index (χ2n) is 9.88. The van der Waals surface area contributed by atoms with Crippen molar-refractivity contribution in [3.63, 3.8) is 0 Å². The van der Waals surface area contributed by atoms with Crippen LogP contribution < -0.4 is 10.1 Å². The molecule has 5 rings (SSSR count). The van der Waals surface area contributed by atoms with Gasteiger partial charge >= 0.3 is 5.97 Å². The third kappa shape index (κ3) is 5.28. The average molecular weight is 508 g/mol. The number of ketones is 1. The van der Waals surface area contributed by atoms with Crippen molar-refractivity contribution in [2.45, 2.75) is 51.6 Å². The average Bonchev–Trinajstić information content (AvgIpc) is 2.95. The van der Waals surface area contributed by atoms with Gasteiger partial charge in [-0.2, -0.15) is 0 Å². The first-order valence-electron chi connectivity index (χ1n) is 13.3. The summed E-state index contributed by atoms with van der Waals surface area (Å²) in [6.07, 6.45) is 1.95. The van der Waals surface area contributed by atoms with Crippen molar-refractivity contribution in [3.05, 3.63) is 124 Å². The molecule has 5 nitrogen and oxygen atoms in total. The maximum absolute atomic E-state index is 13.9. The predicted octanol–water partition coefficient (Wildman–Crippen LogP) is 6.58. The topological polar surface area (TPSA) is 64.6 Å². The first kappa shape index (κ1) is 25.5. The zero-order valence-corrected chi connectivity index (χ0v) is 21.9. The Morgan fingerprint density at radius 2 is 1.61 bits per heavy atom. The molecule has 0 radical (unpaired) electrons. The van der Waals surface area contributed by atoms with Crippen molar-refractivity contribution in [1.29, 1.82) is 0 Å². The van der Waals surface area contributed by atoms with Crippen LogP contribution in [0.25, 0.3) is 0 Å². The first-order valence-corrected chi connectivity index (χ1v) is 13.3. The number of rotatable bonds is 8. The van der Waals surface area contributed by atoms with E-state index in [-0.39, 0.29) is 18.3 Å². The van der Waals surface area contributed by atoms with Crippen molar-refractivity contribution < 1.29 is 19.1 Å². The highest BCUT2D eigenvalue weighted by atomic mass is 16.5. The lowest BCUT2D eigenvalue weighted by Crippen LogP contribution is -2.36. The van der Waals surface area contributed by atoms with E-state index in [1.807, 2.05) is 79.7 Å². The lowest BCUT2D eigenvalue weighted by molar-refractivity contribution is -0.140. The number of hydrogen-bond acceptors (Lipinski definition) is 5. The van der Waals surface area contributed by atoms with Gasteiger partial charge in [-0.25, -0.2) is 4.79 Å². The fourth-order valence-electron chi connectivity index (χ4n) is 5.44. The Balaban J connectivity index is 1.55. The van der Waals surface area contributed by atoms with Crippen LogP contribution in [0.1, 0.15) is 61.6 Å². The number of para-hydroxylation sites is 1. The summed E-state index contributed by atoms with van der Waals surface area (Å²) in [6.45, 7) is 4.65. The zero-order valence-electron chi connectivity index (χ0n) is 21.9. The quantitative estimate of drug-likeness (QED) is 0.349. The van der Waals surface area contributed by atoms with E-state index in [4.69, 9.17) is 9.47 Å². The normalized spacial score (nSPS) is 19.1. The lowest BCUT2D eigenvalue weighted by atomic mass is 9.71. The third-order valence-electron chi connectivity index (χ3n) is 7.22. The smallest absolute Gasteiger partial charge is 0.337 e. The molecular formula is C33H33NO4. The molecule has 0 spiro atoms. The van der Waals surface area contributed by atoms with E-state index in [2.05, 4.69) is 24.4 Å². The second kappa shape index (κ2) is 11.5. The molecular weight excluding hydrogens is 474 g/mol. The van der Waals surface area contributed by atoms with Crippen LogP contribution in [-0.2, 0) is 20.9 Å². The second-order valence-corrected chi connectivity index (χ2v) is 9.88. The molecule has 0 saturated carbocycles. The number of hydrogen-bond donors (Lipinski definition) is 1. The van der Waals surface area contributed by atoms with Crippen molar-refractivity contribution in [1.82, 2.24) is 5.32 Å². The van der Waals surface area contributed by atoms with E-state index in [0.717, 1.165) is 28.8 Å². The van der Waals surface area contributed by atoms with Gasteiger partial charge in [0.25, 0.3) is 0 Å². The van der Waals surface area contributed by atoms with E-state index in [1.165, 1.54) is 0 Å². The Hall–Kier alpha value is -4.12. The molecule has 5 heteroatoms. The minimum atomic E-state index is -0.563. The molecule has 1 aliphatic carbocycles. The van der Waals surface area contributed by atoms with Gasteiger partial charge in [0.1, 0.15) is 12.4 Å². The van der Waals surface area contributed by atoms with Crippen LogP contribution in [0.5, 0.6) is 5.75 Å². The van der Waals surface area contributed by atoms with Crippen molar-refractivity contribution in [2.75, 3.05) is 6.61 Å².